The van der Waals surface area contributed by atoms with Crippen molar-refractivity contribution in [3.05, 3.63) is 78.0 Å². The summed E-state index contributed by atoms with van der Waals surface area (Å²) >= 11 is 5.57. The summed E-state index contributed by atoms with van der Waals surface area (Å²) in [5.74, 6) is 2.85. The molecule has 0 spiro atoms. The summed E-state index contributed by atoms with van der Waals surface area (Å²) in [6.45, 7) is 0.131. The molecule has 0 unspecified atom stereocenters. The molecule has 0 radical (unpaired) electrons. The van der Waals surface area contributed by atoms with Gasteiger partial charge in [0.25, 0.3) is 5.91 Å². The number of likely N-dealkylation sites (N-methyl/N-ethyl adjacent to an activating group) is 1. The number of anilines is 1. The van der Waals surface area contributed by atoms with Gasteiger partial charge in [-0.2, -0.15) is 0 Å². The van der Waals surface area contributed by atoms with E-state index in [9.17, 15) is 4.79 Å². The first kappa shape index (κ1) is 20.8. The summed E-state index contributed by atoms with van der Waals surface area (Å²) in [5, 5.41) is 0.385. The predicted molar refractivity (Wildman–Crippen MR) is 128 cm³/mol. The average Bonchev–Trinajstić information content (AvgIpc) is 3.39. The molecular formula is C25H20N2O5S. The van der Waals surface area contributed by atoms with Crippen LogP contribution in [0.4, 0.5) is 5.69 Å². The van der Waals surface area contributed by atoms with E-state index in [2.05, 4.69) is 0 Å². The number of hydrogen-bond donors (Lipinski definition) is 0. The highest BCUT2D eigenvalue weighted by molar-refractivity contribution is 7.80. The lowest BCUT2D eigenvalue weighted by Gasteiger charge is -2.17. The van der Waals surface area contributed by atoms with Crippen LogP contribution in [0.25, 0.3) is 6.08 Å². The molecule has 1 amide bonds. The average molecular weight is 461 g/mol. The Hall–Kier alpha value is -4.04. The van der Waals surface area contributed by atoms with Crippen molar-refractivity contribution in [1.29, 1.82) is 0 Å². The van der Waals surface area contributed by atoms with E-state index in [1.54, 1.807) is 37.3 Å². The van der Waals surface area contributed by atoms with Gasteiger partial charge < -0.3 is 23.8 Å². The molecule has 0 bridgehead atoms. The maximum atomic E-state index is 13.3. The summed E-state index contributed by atoms with van der Waals surface area (Å²) < 4.78 is 22.2. The minimum Gasteiger partial charge on any atom is -0.493 e. The van der Waals surface area contributed by atoms with Crippen LogP contribution in [0, 0.1) is 0 Å². The molecule has 1 saturated heterocycles. The van der Waals surface area contributed by atoms with Gasteiger partial charge in [-0.15, -0.1) is 0 Å². The number of carbonyl (C=O) groups is 1. The van der Waals surface area contributed by atoms with Crippen LogP contribution in [0.3, 0.4) is 0 Å². The van der Waals surface area contributed by atoms with E-state index in [0.717, 1.165) is 11.3 Å². The zero-order valence-corrected chi connectivity index (χ0v) is 18.8. The minimum absolute atomic E-state index is 0.131. The smallest absolute Gasteiger partial charge is 0.281 e. The van der Waals surface area contributed by atoms with Crippen molar-refractivity contribution in [2.24, 2.45) is 0 Å². The second-order valence-corrected chi connectivity index (χ2v) is 7.74. The molecule has 0 aliphatic carbocycles. The zero-order chi connectivity index (χ0) is 22.9. The summed E-state index contributed by atoms with van der Waals surface area (Å²) in [7, 11) is 3.33. The van der Waals surface area contributed by atoms with E-state index in [-0.39, 0.29) is 12.7 Å². The van der Waals surface area contributed by atoms with Gasteiger partial charge in [0.1, 0.15) is 17.2 Å². The largest absolute Gasteiger partial charge is 0.493 e. The van der Waals surface area contributed by atoms with Crippen molar-refractivity contribution in [2.45, 2.75) is 0 Å². The molecule has 3 aromatic carbocycles. The summed E-state index contributed by atoms with van der Waals surface area (Å²) in [6.07, 6.45) is 1.76. The Kier molecular flexibility index (Phi) is 5.35. The zero-order valence-electron chi connectivity index (χ0n) is 18.0. The number of thiocarbonyl (C=S) groups is 1. The Morgan fingerprint density at radius 2 is 1.73 bits per heavy atom. The van der Waals surface area contributed by atoms with Crippen LogP contribution in [-0.2, 0) is 4.79 Å². The van der Waals surface area contributed by atoms with Crippen LogP contribution < -0.4 is 23.8 Å². The number of rotatable bonds is 5. The van der Waals surface area contributed by atoms with Gasteiger partial charge in [-0.3, -0.25) is 9.69 Å². The topological polar surface area (TPSA) is 60.5 Å². The SMILES string of the molecule is COc1cc(/C=C2\C(=O)N(c3ccc(Oc4ccccc4)cc3)C(=S)N2C)cc2c1OCO2. The third-order valence-electron chi connectivity index (χ3n) is 5.32. The van der Waals surface area contributed by atoms with Crippen LogP contribution in [0.15, 0.2) is 72.4 Å². The van der Waals surface area contributed by atoms with Crippen molar-refractivity contribution in [3.8, 4) is 28.7 Å². The number of ether oxygens (including phenoxy) is 4. The van der Waals surface area contributed by atoms with Gasteiger partial charge in [0.15, 0.2) is 16.6 Å². The number of methoxy groups -OCH3 is 1. The van der Waals surface area contributed by atoms with Gasteiger partial charge in [0.05, 0.1) is 12.8 Å². The third kappa shape index (κ3) is 3.85. The summed E-state index contributed by atoms with van der Waals surface area (Å²) in [5.41, 5.74) is 1.83. The molecule has 8 heteroatoms. The Morgan fingerprint density at radius 1 is 1.00 bits per heavy atom. The van der Waals surface area contributed by atoms with Crippen molar-refractivity contribution in [1.82, 2.24) is 4.90 Å². The van der Waals surface area contributed by atoms with E-state index in [4.69, 9.17) is 31.2 Å². The maximum absolute atomic E-state index is 13.3. The first-order valence-electron chi connectivity index (χ1n) is 10.2. The number of benzene rings is 3. The monoisotopic (exact) mass is 460 g/mol. The highest BCUT2D eigenvalue weighted by atomic mass is 32.1. The fourth-order valence-corrected chi connectivity index (χ4v) is 3.95. The van der Waals surface area contributed by atoms with Crippen molar-refractivity contribution in [2.75, 3.05) is 25.9 Å². The molecule has 5 rings (SSSR count). The second kappa shape index (κ2) is 8.48. The van der Waals surface area contributed by atoms with E-state index in [1.165, 1.54) is 4.90 Å². The van der Waals surface area contributed by atoms with E-state index < -0.39 is 0 Å². The predicted octanol–water partition coefficient (Wildman–Crippen LogP) is 4.82. The Balaban J connectivity index is 1.41. The number of amides is 1. The molecule has 0 atom stereocenters. The van der Waals surface area contributed by atoms with Crippen molar-refractivity contribution < 1.29 is 23.7 Å². The molecule has 1 fully saturated rings. The van der Waals surface area contributed by atoms with Crippen molar-refractivity contribution in [3.63, 3.8) is 0 Å². The van der Waals surface area contributed by atoms with Gasteiger partial charge in [0, 0.05) is 7.05 Å². The number of hydrogen-bond acceptors (Lipinski definition) is 6. The lowest BCUT2D eigenvalue weighted by atomic mass is 10.1. The molecule has 2 aliphatic rings. The third-order valence-corrected chi connectivity index (χ3v) is 5.78. The van der Waals surface area contributed by atoms with Gasteiger partial charge >= 0.3 is 0 Å². The van der Waals surface area contributed by atoms with Gasteiger partial charge in [-0.05, 0) is 72.4 Å². The van der Waals surface area contributed by atoms with Gasteiger partial charge in [-0.1, -0.05) is 18.2 Å². The molecule has 3 aromatic rings. The molecule has 166 valence electrons. The molecule has 0 aromatic heterocycles. The Bertz CT molecular complexity index is 1260. The molecular weight excluding hydrogens is 440 g/mol. The molecule has 0 saturated carbocycles. The molecule has 0 N–H and O–H groups in total. The number of fused-ring (bicyclic) bond motifs is 1. The van der Waals surface area contributed by atoms with Crippen molar-refractivity contribution >= 4 is 35.0 Å². The molecule has 33 heavy (non-hydrogen) atoms. The van der Waals surface area contributed by atoms with E-state index >= 15 is 0 Å². The number of carbonyl (C=O) groups excluding carboxylic acids is 1. The molecule has 2 heterocycles. The van der Waals surface area contributed by atoms with E-state index in [1.807, 2.05) is 54.6 Å². The molecule has 2 aliphatic heterocycles. The minimum atomic E-state index is -0.226. The van der Waals surface area contributed by atoms with Gasteiger partial charge in [0.2, 0.25) is 12.5 Å². The van der Waals surface area contributed by atoms with Crippen LogP contribution >= 0.6 is 12.2 Å². The highest BCUT2D eigenvalue weighted by Gasteiger charge is 2.37. The second-order valence-electron chi connectivity index (χ2n) is 7.38. The van der Waals surface area contributed by atoms with Crippen LogP contribution in [0.5, 0.6) is 28.7 Å². The lowest BCUT2D eigenvalue weighted by Crippen LogP contribution is -2.31. The normalized spacial score (nSPS) is 16.0. The standard InChI is InChI=1S/C25H20N2O5S/c1-26-20(12-16-13-21(29-2)23-22(14-16)30-15-31-23)24(28)27(25(26)33)17-8-10-19(11-9-17)32-18-6-4-3-5-7-18/h3-14H,15H2,1-2H3/b20-12+. The highest BCUT2D eigenvalue weighted by Crippen LogP contribution is 2.42. The quantitative estimate of drug-likeness (QED) is 0.400. The maximum Gasteiger partial charge on any atom is 0.281 e. The van der Waals surface area contributed by atoms with Gasteiger partial charge in [-0.25, -0.2) is 0 Å². The fourth-order valence-electron chi connectivity index (χ4n) is 3.66. The lowest BCUT2D eigenvalue weighted by molar-refractivity contribution is -0.114. The fraction of sp³-hybridized carbons (Fsp3) is 0.120. The Labute approximate surface area is 196 Å². The van der Waals surface area contributed by atoms with Crippen LogP contribution in [0.1, 0.15) is 5.56 Å². The Morgan fingerprint density at radius 3 is 2.45 bits per heavy atom. The summed E-state index contributed by atoms with van der Waals surface area (Å²) in [6, 6.07) is 20.3. The first-order valence-corrected chi connectivity index (χ1v) is 10.6. The number of para-hydroxylation sites is 1. The molecule has 7 nitrogen and oxygen atoms in total. The van der Waals surface area contributed by atoms with Crippen LogP contribution in [0.2, 0.25) is 0 Å². The summed E-state index contributed by atoms with van der Waals surface area (Å²) in [4.78, 5) is 16.5. The number of nitrogens with zero attached hydrogens (tertiary/aromatic N) is 2. The van der Waals surface area contributed by atoms with E-state index in [0.29, 0.717) is 39.5 Å². The first-order chi connectivity index (χ1) is 16.0. The van der Waals surface area contributed by atoms with Crippen LogP contribution in [-0.4, -0.2) is 36.9 Å².